The largest absolute Gasteiger partial charge is 0.481 e. The van der Waals surface area contributed by atoms with Crippen LogP contribution in [-0.4, -0.2) is 39.3 Å². The maximum atomic E-state index is 12.3. The normalized spacial score (nSPS) is 27.8. The van der Waals surface area contributed by atoms with Gasteiger partial charge in [0.2, 0.25) is 0 Å². The van der Waals surface area contributed by atoms with Crippen LogP contribution in [0.4, 0.5) is 0 Å². The molecule has 2 saturated carbocycles. The highest BCUT2D eigenvalue weighted by Gasteiger charge is 2.43. The number of ketones is 1. The second-order valence-electron chi connectivity index (χ2n) is 8.91. The average molecular weight is 395 g/mol. The first-order valence-corrected chi connectivity index (χ1v) is 11.1. The van der Waals surface area contributed by atoms with Gasteiger partial charge in [0.15, 0.2) is 0 Å². The van der Waals surface area contributed by atoms with E-state index in [-0.39, 0.29) is 42.0 Å². The zero-order chi connectivity index (χ0) is 20.6. The Morgan fingerprint density at radius 3 is 2.64 bits per heavy atom. The minimum Gasteiger partial charge on any atom is -0.481 e. The molecule has 0 saturated heterocycles. The van der Waals surface area contributed by atoms with Gasteiger partial charge < -0.3 is 15.3 Å². The first kappa shape index (κ1) is 23.1. The van der Waals surface area contributed by atoms with Gasteiger partial charge in [-0.15, -0.1) is 0 Å². The van der Waals surface area contributed by atoms with Crippen molar-refractivity contribution in [3.05, 3.63) is 12.2 Å². The first-order valence-electron chi connectivity index (χ1n) is 11.1. The SMILES string of the molecule is CCCC1(C(O)CCC[C@H]2C(O)CC(=O)[C@@H]2CC=CCCCC(=O)O)CCC1. The van der Waals surface area contributed by atoms with E-state index < -0.39 is 12.1 Å². The summed E-state index contributed by atoms with van der Waals surface area (Å²) in [6.07, 6.45) is 13.5. The van der Waals surface area contributed by atoms with Crippen LogP contribution < -0.4 is 0 Å². The fraction of sp³-hybridized carbons (Fsp3) is 0.826. The molecule has 3 N–H and O–H groups in total. The van der Waals surface area contributed by atoms with Crippen LogP contribution in [-0.2, 0) is 9.59 Å². The highest BCUT2D eigenvalue weighted by molar-refractivity contribution is 5.84. The summed E-state index contributed by atoms with van der Waals surface area (Å²) < 4.78 is 0. The summed E-state index contributed by atoms with van der Waals surface area (Å²) in [6.45, 7) is 2.17. The molecule has 0 aromatic heterocycles. The van der Waals surface area contributed by atoms with Crippen molar-refractivity contribution in [2.75, 3.05) is 0 Å². The smallest absolute Gasteiger partial charge is 0.303 e. The lowest BCUT2D eigenvalue weighted by atomic mass is 9.61. The molecular formula is C23H38O5. The molecule has 0 amide bonds. The number of aliphatic carboxylic acids is 1. The van der Waals surface area contributed by atoms with Gasteiger partial charge in [-0.3, -0.25) is 9.59 Å². The third-order valence-electron chi connectivity index (χ3n) is 6.97. The second kappa shape index (κ2) is 11.1. The number of Topliss-reactive ketones (excluding diaryl/α,β-unsaturated/α-hetero) is 1. The van der Waals surface area contributed by atoms with E-state index in [4.69, 9.17) is 5.11 Å². The van der Waals surface area contributed by atoms with Crippen molar-refractivity contribution in [3.8, 4) is 0 Å². The molecule has 0 aliphatic heterocycles. The Labute approximate surface area is 169 Å². The molecule has 2 aliphatic carbocycles. The van der Waals surface area contributed by atoms with Gasteiger partial charge in [-0.05, 0) is 62.7 Å². The summed E-state index contributed by atoms with van der Waals surface area (Å²) in [7, 11) is 0. The molecule has 160 valence electrons. The molecule has 0 aromatic carbocycles. The van der Waals surface area contributed by atoms with Crippen LogP contribution in [0, 0.1) is 17.3 Å². The number of hydrogen-bond acceptors (Lipinski definition) is 4. The third kappa shape index (κ3) is 6.15. The summed E-state index contributed by atoms with van der Waals surface area (Å²) in [5, 5.41) is 29.7. The van der Waals surface area contributed by atoms with Gasteiger partial charge in [-0.1, -0.05) is 38.3 Å². The highest BCUT2D eigenvalue weighted by Crippen LogP contribution is 2.49. The molecule has 2 rings (SSSR count). The van der Waals surface area contributed by atoms with E-state index in [2.05, 4.69) is 6.92 Å². The van der Waals surface area contributed by atoms with Gasteiger partial charge in [-0.25, -0.2) is 0 Å². The monoisotopic (exact) mass is 394 g/mol. The highest BCUT2D eigenvalue weighted by atomic mass is 16.4. The van der Waals surface area contributed by atoms with Gasteiger partial charge >= 0.3 is 5.97 Å². The Bertz CT molecular complexity index is 537. The lowest BCUT2D eigenvalue weighted by Gasteiger charge is -2.46. The Kier molecular flexibility index (Phi) is 9.16. The topological polar surface area (TPSA) is 94.8 Å². The number of hydrogen-bond donors (Lipinski definition) is 3. The van der Waals surface area contributed by atoms with E-state index in [0.29, 0.717) is 19.3 Å². The van der Waals surface area contributed by atoms with Crippen molar-refractivity contribution in [2.24, 2.45) is 17.3 Å². The molecular weight excluding hydrogens is 356 g/mol. The van der Waals surface area contributed by atoms with E-state index in [1.54, 1.807) is 0 Å². The Morgan fingerprint density at radius 2 is 2.04 bits per heavy atom. The van der Waals surface area contributed by atoms with E-state index in [1.807, 2.05) is 12.2 Å². The van der Waals surface area contributed by atoms with Crippen LogP contribution in [0.25, 0.3) is 0 Å². The molecule has 0 radical (unpaired) electrons. The van der Waals surface area contributed by atoms with Crippen molar-refractivity contribution in [1.29, 1.82) is 0 Å². The molecule has 2 unspecified atom stereocenters. The minimum atomic E-state index is -0.785. The fourth-order valence-electron chi connectivity index (χ4n) is 5.18. The van der Waals surface area contributed by atoms with Crippen LogP contribution in [0.2, 0.25) is 0 Å². The lowest BCUT2D eigenvalue weighted by molar-refractivity contribution is -0.137. The van der Waals surface area contributed by atoms with E-state index in [1.165, 1.54) is 6.42 Å². The first-order chi connectivity index (χ1) is 13.4. The van der Waals surface area contributed by atoms with Crippen molar-refractivity contribution >= 4 is 11.8 Å². The fourth-order valence-corrected chi connectivity index (χ4v) is 5.18. The number of unbranched alkanes of at least 4 members (excludes halogenated alkanes) is 1. The van der Waals surface area contributed by atoms with E-state index in [0.717, 1.165) is 44.9 Å². The molecule has 5 nitrogen and oxygen atoms in total. The number of carboxylic acids is 1. The van der Waals surface area contributed by atoms with Crippen LogP contribution in [0.15, 0.2) is 12.2 Å². The Hall–Kier alpha value is -1.20. The molecule has 2 aliphatic rings. The zero-order valence-corrected chi connectivity index (χ0v) is 17.3. The number of aliphatic hydroxyl groups excluding tert-OH is 2. The van der Waals surface area contributed by atoms with E-state index in [9.17, 15) is 19.8 Å². The predicted octanol–water partition coefficient (Wildman–Crippen LogP) is 4.26. The Morgan fingerprint density at radius 1 is 1.29 bits per heavy atom. The average Bonchev–Trinajstić information content (AvgIpc) is 2.87. The van der Waals surface area contributed by atoms with Gasteiger partial charge in [0.1, 0.15) is 5.78 Å². The van der Waals surface area contributed by atoms with E-state index >= 15 is 0 Å². The minimum absolute atomic E-state index is 0.0214. The van der Waals surface area contributed by atoms with Gasteiger partial charge in [0, 0.05) is 18.8 Å². The van der Waals surface area contributed by atoms with Crippen molar-refractivity contribution in [2.45, 2.75) is 103 Å². The molecule has 0 heterocycles. The van der Waals surface area contributed by atoms with Gasteiger partial charge in [0.05, 0.1) is 12.2 Å². The number of carbonyl (C=O) groups excluding carboxylic acids is 1. The Balaban J connectivity index is 1.77. The molecule has 0 bridgehead atoms. The van der Waals surface area contributed by atoms with Gasteiger partial charge in [0.25, 0.3) is 0 Å². The third-order valence-corrected chi connectivity index (χ3v) is 6.97. The van der Waals surface area contributed by atoms with Crippen molar-refractivity contribution in [1.82, 2.24) is 0 Å². The summed E-state index contributed by atoms with van der Waals surface area (Å²) in [4.78, 5) is 22.8. The number of aliphatic hydroxyl groups is 2. The molecule has 28 heavy (non-hydrogen) atoms. The summed E-state index contributed by atoms with van der Waals surface area (Å²) >= 11 is 0. The van der Waals surface area contributed by atoms with Gasteiger partial charge in [-0.2, -0.15) is 0 Å². The number of rotatable bonds is 13. The molecule has 5 heteroatoms. The van der Waals surface area contributed by atoms with Crippen LogP contribution >= 0.6 is 0 Å². The van der Waals surface area contributed by atoms with Crippen LogP contribution in [0.1, 0.15) is 90.4 Å². The lowest BCUT2D eigenvalue weighted by Crippen LogP contribution is -2.41. The number of allylic oxidation sites excluding steroid dienone is 2. The van der Waals surface area contributed by atoms with Crippen molar-refractivity contribution < 1.29 is 24.9 Å². The molecule has 4 atom stereocenters. The summed E-state index contributed by atoms with van der Waals surface area (Å²) in [6, 6.07) is 0. The second-order valence-corrected chi connectivity index (χ2v) is 8.91. The standard InChI is InChI=1S/C23H38O5/c1-2-13-23(14-8-15-23)21(26)11-7-10-18-17(19(24)16-20(18)25)9-5-3-4-6-12-22(27)28/h3,5,17-18,20-21,25-26H,2,4,6-16H2,1H3,(H,27,28)/t17-,18-,20?,21?/m1/s1. The molecule has 0 spiro atoms. The predicted molar refractivity (Wildman–Crippen MR) is 109 cm³/mol. The van der Waals surface area contributed by atoms with Crippen LogP contribution in [0.5, 0.6) is 0 Å². The maximum Gasteiger partial charge on any atom is 0.303 e. The summed E-state index contributed by atoms with van der Waals surface area (Å²) in [5.74, 6) is -0.815. The van der Waals surface area contributed by atoms with Crippen LogP contribution in [0.3, 0.4) is 0 Å². The number of carboxylic acid groups (broad SMARTS) is 1. The maximum absolute atomic E-state index is 12.3. The number of carbonyl (C=O) groups is 2. The van der Waals surface area contributed by atoms with Crippen molar-refractivity contribution in [3.63, 3.8) is 0 Å². The summed E-state index contributed by atoms with van der Waals surface area (Å²) in [5.41, 5.74) is 0.122. The quantitative estimate of drug-likeness (QED) is 0.320. The molecule has 2 fully saturated rings. The zero-order valence-electron chi connectivity index (χ0n) is 17.3. The molecule has 0 aromatic rings.